The zero-order valence-electron chi connectivity index (χ0n) is 12.8. The summed E-state index contributed by atoms with van der Waals surface area (Å²) >= 11 is 0. The van der Waals surface area contributed by atoms with Gasteiger partial charge in [-0.25, -0.2) is 0 Å². The van der Waals surface area contributed by atoms with E-state index in [1.54, 1.807) is 13.0 Å². The maximum Gasteiger partial charge on any atom is 0.272 e. The van der Waals surface area contributed by atoms with Crippen LogP contribution in [0.3, 0.4) is 0 Å². The zero-order valence-corrected chi connectivity index (χ0v) is 12.8. The molecule has 0 heterocycles. The quantitative estimate of drug-likeness (QED) is 0.544. The minimum atomic E-state index is -0.311. The van der Waals surface area contributed by atoms with Gasteiger partial charge in [-0.05, 0) is 31.4 Å². The smallest absolute Gasteiger partial charge is 0.272 e. The molecule has 0 amide bonds. The molecule has 1 aromatic rings. The van der Waals surface area contributed by atoms with E-state index >= 15 is 0 Å². The van der Waals surface area contributed by atoms with Crippen LogP contribution in [0.4, 0.5) is 5.69 Å². The summed E-state index contributed by atoms with van der Waals surface area (Å²) < 4.78 is 0. The van der Waals surface area contributed by atoms with Crippen molar-refractivity contribution in [2.75, 3.05) is 6.54 Å². The Morgan fingerprint density at radius 2 is 2.10 bits per heavy atom. The van der Waals surface area contributed by atoms with Gasteiger partial charge in [-0.15, -0.1) is 0 Å². The summed E-state index contributed by atoms with van der Waals surface area (Å²) in [7, 11) is 0. The first-order valence-electron chi connectivity index (χ1n) is 7.53. The number of hydrogen-bond acceptors (Lipinski definition) is 3. The molecule has 112 valence electrons. The van der Waals surface area contributed by atoms with Gasteiger partial charge in [0, 0.05) is 18.2 Å². The van der Waals surface area contributed by atoms with E-state index in [2.05, 4.69) is 19.2 Å². The summed E-state index contributed by atoms with van der Waals surface area (Å²) in [6.45, 7) is 7.89. The van der Waals surface area contributed by atoms with Crippen LogP contribution in [0, 0.1) is 23.0 Å². The molecule has 0 radical (unpaired) electrons. The van der Waals surface area contributed by atoms with Crippen LogP contribution in [0.5, 0.6) is 0 Å². The molecule has 4 nitrogen and oxygen atoms in total. The van der Waals surface area contributed by atoms with Gasteiger partial charge in [-0.1, -0.05) is 45.2 Å². The fraction of sp³-hybridized carbons (Fsp3) is 0.625. The van der Waals surface area contributed by atoms with Crippen molar-refractivity contribution < 1.29 is 4.92 Å². The number of unbranched alkanes of at least 4 members (excludes halogenated alkanes) is 1. The molecule has 20 heavy (non-hydrogen) atoms. The van der Waals surface area contributed by atoms with E-state index in [-0.39, 0.29) is 10.6 Å². The van der Waals surface area contributed by atoms with Crippen LogP contribution in [0.2, 0.25) is 0 Å². The van der Waals surface area contributed by atoms with Gasteiger partial charge >= 0.3 is 0 Å². The first-order chi connectivity index (χ1) is 9.58. The molecule has 1 N–H and O–H groups in total. The fourth-order valence-corrected chi connectivity index (χ4v) is 2.33. The van der Waals surface area contributed by atoms with Crippen molar-refractivity contribution >= 4 is 5.69 Å². The predicted molar refractivity (Wildman–Crippen MR) is 82.8 cm³/mol. The summed E-state index contributed by atoms with van der Waals surface area (Å²) in [6, 6.07) is 5.46. The average Bonchev–Trinajstić information content (AvgIpc) is 2.44. The lowest BCUT2D eigenvalue weighted by Crippen LogP contribution is -2.22. The predicted octanol–water partition coefficient (Wildman–Crippen LogP) is 4.21. The monoisotopic (exact) mass is 278 g/mol. The highest BCUT2D eigenvalue weighted by Gasteiger charge is 2.11. The number of rotatable bonds is 9. The molecular weight excluding hydrogens is 252 g/mol. The Bertz CT molecular complexity index is 432. The number of nitrogens with one attached hydrogen (secondary N) is 1. The van der Waals surface area contributed by atoms with Crippen LogP contribution < -0.4 is 5.32 Å². The van der Waals surface area contributed by atoms with Crippen molar-refractivity contribution in [1.29, 1.82) is 0 Å². The summed E-state index contributed by atoms with van der Waals surface area (Å²) in [5.74, 6) is 0.704. The van der Waals surface area contributed by atoms with Crippen LogP contribution in [0.15, 0.2) is 18.2 Å². The topological polar surface area (TPSA) is 55.2 Å². The number of benzene rings is 1. The molecule has 0 aliphatic carbocycles. The van der Waals surface area contributed by atoms with Crippen LogP contribution in [-0.2, 0) is 6.54 Å². The number of nitro benzene ring substituents is 1. The van der Waals surface area contributed by atoms with Gasteiger partial charge < -0.3 is 5.32 Å². The molecule has 0 bridgehead atoms. The van der Waals surface area contributed by atoms with Crippen LogP contribution >= 0.6 is 0 Å². The van der Waals surface area contributed by atoms with Crippen molar-refractivity contribution in [3.8, 4) is 0 Å². The van der Waals surface area contributed by atoms with E-state index in [9.17, 15) is 10.1 Å². The second kappa shape index (κ2) is 8.69. The molecule has 0 saturated heterocycles. The van der Waals surface area contributed by atoms with Crippen molar-refractivity contribution in [3.63, 3.8) is 0 Å². The van der Waals surface area contributed by atoms with E-state index in [0.717, 1.165) is 12.1 Å². The summed E-state index contributed by atoms with van der Waals surface area (Å²) in [5.41, 5.74) is 1.91. The molecule has 1 rings (SSSR count). The van der Waals surface area contributed by atoms with Crippen molar-refractivity contribution in [2.45, 2.75) is 53.0 Å². The first kappa shape index (κ1) is 16.6. The molecule has 0 aliphatic rings. The third kappa shape index (κ3) is 5.29. The van der Waals surface area contributed by atoms with Gasteiger partial charge in [0.1, 0.15) is 0 Å². The standard InChI is InChI=1S/C16H26N2O2/c1-4-6-7-14(5-2)11-17-12-15-9-8-13(3)16(10-15)18(19)20/h8-10,14,17H,4-7,11-12H2,1-3H3. The van der Waals surface area contributed by atoms with E-state index < -0.39 is 0 Å². The van der Waals surface area contributed by atoms with Gasteiger partial charge in [-0.2, -0.15) is 0 Å². The van der Waals surface area contributed by atoms with Gasteiger partial charge in [0.2, 0.25) is 0 Å². The molecular formula is C16H26N2O2. The molecule has 4 heteroatoms. The van der Waals surface area contributed by atoms with Gasteiger partial charge in [0.25, 0.3) is 5.69 Å². The highest BCUT2D eigenvalue weighted by atomic mass is 16.6. The summed E-state index contributed by atoms with van der Waals surface area (Å²) in [4.78, 5) is 10.6. The molecule has 0 fully saturated rings. The lowest BCUT2D eigenvalue weighted by Gasteiger charge is -2.15. The lowest BCUT2D eigenvalue weighted by atomic mass is 9.99. The first-order valence-corrected chi connectivity index (χ1v) is 7.53. The van der Waals surface area contributed by atoms with Crippen LogP contribution in [0.1, 0.15) is 50.7 Å². The van der Waals surface area contributed by atoms with E-state index in [1.165, 1.54) is 25.7 Å². The van der Waals surface area contributed by atoms with Crippen LogP contribution in [-0.4, -0.2) is 11.5 Å². The van der Waals surface area contributed by atoms with E-state index in [0.29, 0.717) is 18.0 Å². The minimum absolute atomic E-state index is 0.210. The number of nitro groups is 1. The second-order valence-corrected chi connectivity index (χ2v) is 5.43. The number of nitrogens with zero attached hydrogens (tertiary/aromatic N) is 1. The normalized spacial score (nSPS) is 12.3. The number of hydrogen-bond donors (Lipinski definition) is 1. The maximum absolute atomic E-state index is 10.9. The maximum atomic E-state index is 10.9. The Balaban J connectivity index is 2.49. The van der Waals surface area contributed by atoms with Gasteiger partial charge in [0.15, 0.2) is 0 Å². The molecule has 1 unspecified atom stereocenters. The molecule has 0 saturated carbocycles. The van der Waals surface area contributed by atoms with E-state index in [4.69, 9.17) is 0 Å². The molecule has 1 aromatic carbocycles. The average molecular weight is 278 g/mol. The van der Waals surface area contributed by atoms with Crippen molar-refractivity contribution in [3.05, 3.63) is 39.4 Å². The van der Waals surface area contributed by atoms with Crippen molar-refractivity contribution in [2.24, 2.45) is 5.92 Å². The Hall–Kier alpha value is -1.42. The molecule has 0 aliphatic heterocycles. The van der Waals surface area contributed by atoms with Gasteiger partial charge in [0.05, 0.1) is 4.92 Å². The molecule has 1 atom stereocenters. The summed E-state index contributed by atoms with van der Waals surface area (Å²) in [6.07, 6.45) is 4.95. The fourth-order valence-electron chi connectivity index (χ4n) is 2.33. The lowest BCUT2D eigenvalue weighted by molar-refractivity contribution is -0.385. The third-order valence-electron chi connectivity index (χ3n) is 3.78. The van der Waals surface area contributed by atoms with Crippen LogP contribution in [0.25, 0.3) is 0 Å². The van der Waals surface area contributed by atoms with Crippen molar-refractivity contribution in [1.82, 2.24) is 5.32 Å². The third-order valence-corrected chi connectivity index (χ3v) is 3.78. The SMILES string of the molecule is CCCCC(CC)CNCc1ccc(C)c([N+](=O)[O-])c1. The zero-order chi connectivity index (χ0) is 15.0. The Morgan fingerprint density at radius 3 is 2.70 bits per heavy atom. The Morgan fingerprint density at radius 1 is 1.35 bits per heavy atom. The number of aryl methyl sites for hydroxylation is 1. The minimum Gasteiger partial charge on any atom is -0.312 e. The Labute approximate surface area is 121 Å². The van der Waals surface area contributed by atoms with E-state index in [1.807, 2.05) is 12.1 Å². The largest absolute Gasteiger partial charge is 0.312 e. The Kier molecular flexibility index (Phi) is 7.23. The highest BCUT2D eigenvalue weighted by Crippen LogP contribution is 2.19. The molecule has 0 spiro atoms. The molecule has 0 aromatic heterocycles. The second-order valence-electron chi connectivity index (χ2n) is 5.43. The summed E-state index contributed by atoms with van der Waals surface area (Å²) in [5, 5.41) is 14.3. The highest BCUT2D eigenvalue weighted by molar-refractivity contribution is 5.42. The van der Waals surface area contributed by atoms with Gasteiger partial charge in [-0.3, -0.25) is 10.1 Å².